The molecule has 4 aromatic rings. The Balaban J connectivity index is 1.73. The summed E-state index contributed by atoms with van der Waals surface area (Å²) in [4.78, 5) is 29.9. The standard InChI is InChI=1S/C22H20FN7O2/c1-13(12-31)27-22(32)20-6-19(28-21(29-20)16-9-26-30(2)11-16)14-3-4-18(25-8-14)15-5-17(23)10-24-7-15/h3-11,13,31H,12H2,1-2H3,(H,27,32)/t13-/m0/s1. The first kappa shape index (κ1) is 21.2. The summed E-state index contributed by atoms with van der Waals surface area (Å²) in [6.45, 7) is 1.49. The maximum Gasteiger partial charge on any atom is 0.270 e. The number of amides is 1. The van der Waals surface area contributed by atoms with E-state index in [-0.39, 0.29) is 12.3 Å². The van der Waals surface area contributed by atoms with E-state index < -0.39 is 17.8 Å². The smallest absolute Gasteiger partial charge is 0.270 e. The van der Waals surface area contributed by atoms with Crippen molar-refractivity contribution in [3.63, 3.8) is 0 Å². The monoisotopic (exact) mass is 433 g/mol. The summed E-state index contributed by atoms with van der Waals surface area (Å²) in [7, 11) is 1.77. The highest BCUT2D eigenvalue weighted by atomic mass is 19.1. The Morgan fingerprint density at radius 2 is 1.94 bits per heavy atom. The molecule has 0 aliphatic heterocycles. The Bertz CT molecular complexity index is 1260. The van der Waals surface area contributed by atoms with Crippen molar-refractivity contribution in [2.45, 2.75) is 13.0 Å². The highest BCUT2D eigenvalue weighted by molar-refractivity contribution is 5.94. The van der Waals surface area contributed by atoms with Gasteiger partial charge in [-0.3, -0.25) is 19.4 Å². The number of carbonyl (C=O) groups excluding carboxylic acids is 1. The van der Waals surface area contributed by atoms with Gasteiger partial charge in [0.15, 0.2) is 5.82 Å². The van der Waals surface area contributed by atoms with Crippen LogP contribution in [-0.2, 0) is 7.05 Å². The number of aryl methyl sites for hydroxylation is 1. The molecule has 0 saturated carbocycles. The molecule has 0 saturated heterocycles. The molecule has 0 unspecified atom stereocenters. The van der Waals surface area contributed by atoms with Crippen LogP contribution in [0.25, 0.3) is 33.9 Å². The van der Waals surface area contributed by atoms with Gasteiger partial charge >= 0.3 is 0 Å². The van der Waals surface area contributed by atoms with Crippen molar-refractivity contribution in [2.75, 3.05) is 6.61 Å². The zero-order valence-electron chi connectivity index (χ0n) is 17.4. The van der Waals surface area contributed by atoms with Crippen LogP contribution in [0.15, 0.2) is 55.2 Å². The fraction of sp³-hybridized carbons (Fsp3) is 0.182. The zero-order valence-corrected chi connectivity index (χ0v) is 17.4. The second kappa shape index (κ2) is 8.98. The molecule has 0 spiro atoms. The molecule has 32 heavy (non-hydrogen) atoms. The normalized spacial score (nSPS) is 11.9. The van der Waals surface area contributed by atoms with Gasteiger partial charge in [-0.05, 0) is 31.2 Å². The molecule has 4 aromatic heterocycles. The third kappa shape index (κ3) is 4.65. The Hall–Kier alpha value is -4.05. The molecule has 0 bridgehead atoms. The van der Waals surface area contributed by atoms with Crippen LogP contribution in [0, 0.1) is 5.82 Å². The minimum Gasteiger partial charge on any atom is -0.394 e. The second-order valence-corrected chi connectivity index (χ2v) is 7.25. The average molecular weight is 433 g/mol. The van der Waals surface area contributed by atoms with E-state index in [4.69, 9.17) is 0 Å². The summed E-state index contributed by atoms with van der Waals surface area (Å²) in [5, 5.41) is 16.1. The lowest BCUT2D eigenvalue weighted by atomic mass is 10.1. The van der Waals surface area contributed by atoms with Gasteiger partial charge in [0, 0.05) is 42.8 Å². The van der Waals surface area contributed by atoms with Gasteiger partial charge in [-0.15, -0.1) is 0 Å². The number of aliphatic hydroxyl groups excluding tert-OH is 1. The third-order valence-corrected chi connectivity index (χ3v) is 4.63. The van der Waals surface area contributed by atoms with Crippen molar-refractivity contribution in [3.05, 3.63) is 66.8 Å². The number of aliphatic hydroxyl groups is 1. The molecule has 4 rings (SSSR count). The molecule has 0 fully saturated rings. The molecular formula is C22H20FN7O2. The molecule has 0 radical (unpaired) electrons. The number of aromatic nitrogens is 6. The molecular weight excluding hydrogens is 413 g/mol. The molecule has 10 heteroatoms. The van der Waals surface area contributed by atoms with E-state index in [1.54, 1.807) is 55.4 Å². The van der Waals surface area contributed by atoms with E-state index in [9.17, 15) is 14.3 Å². The lowest BCUT2D eigenvalue weighted by Crippen LogP contribution is -2.35. The van der Waals surface area contributed by atoms with Crippen LogP contribution in [0.2, 0.25) is 0 Å². The quantitative estimate of drug-likeness (QED) is 0.479. The van der Waals surface area contributed by atoms with Gasteiger partial charge in [-0.1, -0.05) is 0 Å². The first-order chi connectivity index (χ1) is 15.4. The number of carbonyl (C=O) groups is 1. The third-order valence-electron chi connectivity index (χ3n) is 4.63. The van der Waals surface area contributed by atoms with Gasteiger partial charge in [0.05, 0.1) is 36.0 Å². The van der Waals surface area contributed by atoms with Crippen molar-refractivity contribution >= 4 is 5.91 Å². The highest BCUT2D eigenvalue weighted by Gasteiger charge is 2.17. The van der Waals surface area contributed by atoms with Crippen LogP contribution in [0.1, 0.15) is 17.4 Å². The van der Waals surface area contributed by atoms with Crippen molar-refractivity contribution in [1.82, 2.24) is 35.0 Å². The molecule has 4 heterocycles. The van der Waals surface area contributed by atoms with Crippen LogP contribution in [-0.4, -0.2) is 53.4 Å². The molecule has 9 nitrogen and oxygen atoms in total. The Morgan fingerprint density at radius 1 is 1.09 bits per heavy atom. The maximum atomic E-state index is 13.5. The molecule has 1 amide bonds. The van der Waals surface area contributed by atoms with Gasteiger partial charge < -0.3 is 10.4 Å². The largest absolute Gasteiger partial charge is 0.394 e. The maximum absolute atomic E-state index is 13.5. The van der Waals surface area contributed by atoms with Crippen LogP contribution in [0.3, 0.4) is 0 Å². The number of halogens is 1. The highest BCUT2D eigenvalue weighted by Crippen LogP contribution is 2.24. The number of rotatable bonds is 6. The second-order valence-electron chi connectivity index (χ2n) is 7.25. The van der Waals surface area contributed by atoms with E-state index in [1.165, 1.54) is 12.3 Å². The number of nitrogens with zero attached hydrogens (tertiary/aromatic N) is 6. The summed E-state index contributed by atoms with van der Waals surface area (Å²) in [6.07, 6.45) is 7.60. The number of hydrogen-bond donors (Lipinski definition) is 2. The summed E-state index contributed by atoms with van der Waals surface area (Å²) in [6, 6.07) is 5.99. The van der Waals surface area contributed by atoms with Gasteiger partial charge in [0.25, 0.3) is 5.91 Å². The molecule has 162 valence electrons. The Labute approximate surface area is 183 Å². The summed E-state index contributed by atoms with van der Waals surface area (Å²) < 4.78 is 15.1. The summed E-state index contributed by atoms with van der Waals surface area (Å²) in [5.74, 6) is -0.551. The zero-order chi connectivity index (χ0) is 22.7. The molecule has 0 aliphatic carbocycles. The fourth-order valence-corrected chi connectivity index (χ4v) is 2.99. The SMILES string of the molecule is C[C@@H](CO)NC(=O)c1cc(-c2ccc(-c3cncc(F)c3)nc2)nc(-c2cnn(C)c2)n1. The minimum atomic E-state index is -0.446. The van der Waals surface area contributed by atoms with Gasteiger partial charge in [0.2, 0.25) is 0 Å². The summed E-state index contributed by atoms with van der Waals surface area (Å²) in [5.41, 5.74) is 3.03. The van der Waals surface area contributed by atoms with Crippen molar-refractivity contribution < 1.29 is 14.3 Å². The van der Waals surface area contributed by atoms with Gasteiger partial charge in [-0.2, -0.15) is 5.10 Å². The summed E-state index contributed by atoms with van der Waals surface area (Å²) >= 11 is 0. The van der Waals surface area contributed by atoms with Crippen LogP contribution in [0.4, 0.5) is 4.39 Å². The number of hydrogen-bond acceptors (Lipinski definition) is 7. The molecule has 0 aromatic carbocycles. The Morgan fingerprint density at radius 3 is 2.59 bits per heavy atom. The molecule has 2 N–H and O–H groups in total. The van der Waals surface area contributed by atoms with Crippen molar-refractivity contribution in [3.8, 4) is 33.9 Å². The van der Waals surface area contributed by atoms with Crippen LogP contribution >= 0.6 is 0 Å². The lowest BCUT2D eigenvalue weighted by molar-refractivity contribution is 0.0917. The number of nitrogens with one attached hydrogen (secondary N) is 1. The molecule has 1 atom stereocenters. The average Bonchev–Trinajstić information content (AvgIpc) is 3.25. The fourth-order valence-electron chi connectivity index (χ4n) is 2.99. The first-order valence-corrected chi connectivity index (χ1v) is 9.80. The number of pyridine rings is 2. The van der Waals surface area contributed by atoms with E-state index in [1.807, 2.05) is 0 Å². The van der Waals surface area contributed by atoms with E-state index in [0.29, 0.717) is 33.9 Å². The Kier molecular flexibility index (Phi) is 5.95. The van der Waals surface area contributed by atoms with Crippen molar-refractivity contribution in [2.24, 2.45) is 7.05 Å². The van der Waals surface area contributed by atoms with Crippen molar-refractivity contribution in [1.29, 1.82) is 0 Å². The van der Waals surface area contributed by atoms with E-state index in [0.717, 1.165) is 6.20 Å². The van der Waals surface area contributed by atoms with E-state index >= 15 is 0 Å². The van der Waals surface area contributed by atoms with Crippen LogP contribution in [0.5, 0.6) is 0 Å². The predicted molar refractivity (Wildman–Crippen MR) is 115 cm³/mol. The van der Waals surface area contributed by atoms with Gasteiger partial charge in [-0.25, -0.2) is 14.4 Å². The molecule has 0 aliphatic rings. The first-order valence-electron chi connectivity index (χ1n) is 9.80. The van der Waals surface area contributed by atoms with E-state index in [2.05, 4.69) is 30.4 Å². The van der Waals surface area contributed by atoms with Crippen LogP contribution < -0.4 is 5.32 Å². The predicted octanol–water partition coefficient (Wildman–Crippen LogP) is 2.25. The minimum absolute atomic E-state index is 0.146. The van der Waals surface area contributed by atoms with Gasteiger partial charge in [0.1, 0.15) is 11.5 Å². The lowest BCUT2D eigenvalue weighted by Gasteiger charge is -2.12. The topological polar surface area (TPSA) is 119 Å².